The van der Waals surface area contributed by atoms with Crippen molar-refractivity contribution >= 4 is 5.97 Å². The topological polar surface area (TPSA) is 63.9 Å². The molecule has 1 aliphatic carbocycles. The molecular formula is C8H10NO2-. The summed E-state index contributed by atoms with van der Waals surface area (Å²) in [6.07, 6.45) is 0.325. The Morgan fingerprint density at radius 2 is 2.27 bits per heavy atom. The molecule has 0 aromatic rings. The molecule has 0 heterocycles. The summed E-state index contributed by atoms with van der Waals surface area (Å²) in [5.41, 5.74) is -0.228. The third kappa shape index (κ3) is 1.09. The highest BCUT2D eigenvalue weighted by molar-refractivity contribution is 5.73. The average Bonchev–Trinajstić information content (AvgIpc) is 2.35. The number of rotatable bonds is 2. The van der Waals surface area contributed by atoms with Gasteiger partial charge in [-0.3, -0.25) is 0 Å². The van der Waals surface area contributed by atoms with Gasteiger partial charge in [0.2, 0.25) is 0 Å². The van der Waals surface area contributed by atoms with Crippen molar-refractivity contribution in [1.29, 1.82) is 5.26 Å². The predicted molar refractivity (Wildman–Crippen MR) is 36.0 cm³/mol. The molecule has 2 atom stereocenters. The number of hydrogen-bond donors (Lipinski definition) is 0. The molecule has 1 rings (SSSR count). The minimum Gasteiger partial charge on any atom is -0.550 e. The molecule has 1 saturated carbocycles. The fraction of sp³-hybridized carbons (Fsp3) is 0.750. The quantitative estimate of drug-likeness (QED) is 0.556. The molecule has 3 heteroatoms. The molecule has 0 aromatic carbocycles. The number of aliphatic carboxylic acids is 1. The number of nitriles is 1. The Balaban J connectivity index is 2.62. The maximum Gasteiger partial charge on any atom is 0.0625 e. The molecule has 0 N–H and O–H groups in total. The third-order valence-corrected chi connectivity index (χ3v) is 2.62. The maximum atomic E-state index is 10.4. The summed E-state index contributed by atoms with van der Waals surface area (Å²) in [5.74, 6) is -1.44. The van der Waals surface area contributed by atoms with Crippen LogP contribution in [-0.2, 0) is 4.79 Å². The van der Waals surface area contributed by atoms with E-state index in [1.54, 1.807) is 0 Å². The first kappa shape index (κ1) is 8.06. The number of carboxylic acid groups (broad SMARTS) is 1. The summed E-state index contributed by atoms with van der Waals surface area (Å²) in [4.78, 5) is 10.4. The molecule has 60 valence electrons. The Labute approximate surface area is 65.6 Å². The van der Waals surface area contributed by atoms with Crippen molar-refractivity contribution in [2.24, 2.45) is 17.3 Å². The number of carbonyl (C=O) groups is 1. The molecule has 0 aromatic heterocycles. The summed E-state index contributed by atoms with van der Waals surface area (Å²) in [6, 6.07) is 1.98. The van der Waals surface area contributed by atoms with Crippen molar-refractivity contribution in [1.82, 2.24) is 0 Å². The van der Waals surface area contributed by atoms with Gasteiger partial charge in [-0.05, 0) is 11.3 Å². The van der Waals surface area contributed by atoms with Gasteiger partial charge in [0.15, 0.2) is 0 Å². The summed E-state index contributed by atoms with van der Waals surface area (Å²) in [6.45, 7) is 3.71. The second-order valence-electron chi connectivity index (χ2n) is 3.59. The summed E-state index contributed by atoms with van der Waals surface area (Å²) < 4.78 is 0. The minimum atomic E-state index is -1.02. The van der Waals surface area contributed by atoms with E-state index in [1.807, 2.05) is 19.9 Å². The summed E-state index contributed by atoms with van der Waals surface area (Å²) in [7, 11) is 0. The molecule has 1 aliphatic rings. The van der Waals surface area contributed by atoms with Crippen LogP contribution in [0.1, 0.15) is 20.3 Å². The van der Waals surface area contributed by atoms with Crippen molar-refractivity contribution in [2.75, 3.05) is 0 Å². The average molecular weight is 152 g/mol. The number of nitrogens with zero attached hydrogens (tertiary/aromatic N) is 1. The first-order valence-corrected chi connectivity index (χ1v) is 3.59. The van der Waals surface area contributed by atoms with Gasteiger partial charge in [-0.2, -0.15) is 5.26 Å². The van der Waals surface area contributed by atoms with Crippen LogP contribution in [0.4, 0.5) is 0 Å². The zero-order valence-electron chi connectivity index (χ0n) is 6.63. The number of carbonyl (C=O) groups excluding carboxylic acids is 1. The van der Waals surface area contributed by atoms with Crippen LogP contribution in [0.3, 0.4) is 0 Å². The Hall–Kier alpha value is -1.04. The van der Waals surface area contributed by atoms with E-state index >= 15 is 0 Å². The van der Waals surface area contributed by atoms with E-state index in [2.05, 4.69) is 0 Å². The molecule has 0 saturated heterocycles. The van der Waals surface area contributed by atoms with Gasteiger partial charge in [-0.15, -0.1) is 0 Å². The van der Waals surface area contributed by atoms with E-state index in [1.165, 1.54) is 0 Å². The van der Waals surface area contributed by atoms with E-state index in [0.29, 0.717) is 6.42 Å². The van der Waals surface area contributed by atoms with Crippen LogP contribution in [0.15, 0.2) is 0 Å². The van der Waals surface area contributed by atoms with Gasteiger partial charge in [-0.1, -0.05) is 13.8 Å². The number of hydrogen-bond acceptors (Lipinski definition) is 3. The summed E-state index contributed by atoms with van der Waals surface area (Å²) in [5, 5.41) is 18.8. The van der Waals surface area contributed by atoms with Crippen LogP contribution < -0.4 is 5.11 Å². The van der Waals surface area contributed by atoms with Crippen molar-refractivity contribution in [3.8, 4) is 6.07 Å². The van der Waals surface area contributed by atoms with Gasteiger partial charge < -0.3 is 9.90 Å². The highest BCUT2D eigenvalue weighted by atomic mass is 16.4. The van der Waals surface area contributed by atoms with Gasteiger partial charge in [0, 0.05) is 18.3 Å². The van der Waals surface area contributed by atoms with Crippen molar-refractivity contribution in [3.63, 3.8) is 0 Å². The van der Waals surface area contributed by atoms with Crippen LogP contribution in [-0.4, -0.2) is 5.97 Å². The molecule has 0 spiro atoms. The highest BCUT2D eigenvalue weighted by Crippen LogP contribution is 2.59. The van der Waals surface area contributed by atoms with Crippen molar-refractivity contribution in [2.45, 2.75) is 20.3 Å². The predicted octanol–water partition coefficient (Wildman–Crippen LogP) is -0.0778. The van der Waals surface area contributed by atoms with Gasteiger partial charge in [0.1, 0.15) is 0 Å². The molecule has 0 bridgehead atoms. The lowest BCUT2D eigenvalue weighted by atomic mass is 10.1. The molecule has 11 heavy (non-hydrogen) atoms. The first-order chi connectivity index (χ1) is 5.01. The lowest BCUT2D eigenvalue weighted by molar-refractivity contribution is -0.309. The smallest absolute Gasteiger partial charge is 0.0625 e. The van der Waals surface area contributed by atoms with Gasteiger partial charge in [0.25, 0.3) is 0 Å². The lowest BCUT2D eigenvalue weighted by Gasteiger charge is -2.01. The second kappa shape index (κ2) is 2.23. The Morgan fingerprint density at radius 3 is 2.55 bits per heavy atom. The van der Waals surface area contributed by atoms with Crippen LogP contribution in [0, 0.1) is 28.6 Å². The molecule has 0 aliphatic heterocycles. The second-order valence-corrected chi connectivity index (χ2v) is 3.59. The first-order valence-electron chi connectivity index (χ1n) is 3.59. The Bertz CT molecular complexity index is 227. The zero-order chi connectivity index (χ0) is 8.65. The molecule has 1 fully saturated rings. The normalized spacial score (nSPS) is 32.5. The largest absolute Gasteiger partial charge is 0.550 e. The minimum absolute atomic E-state index is 0.00231. The monoisotopic (exact) mass is 152 g/mol. The Kier molecular flexibility index (Phi) is 1.63. The van der Waals surface area contributed by atoms with Crippen LogP contribution in [0.5, 0.6) is 0 Å². The van der Waals surface area contributed by atoms with Crippen LogP contribution in [0.25, 0.3) is 0 Å². The zero-order valence-corrected chi connectivity index (χ0v) is 6.63. The van der Waals surface area contributed by atoms with Crippen LogP contribution >= 0.6 is 0 Å². The van der Waals surface area contributed by atoms with E-state index in [4.69, 9.17) is 5.26 Å². The lowest BCUT2D eigenvalue weighted by Crippen LogP contribution is -2.26. The van der Waals surface area contributed by atoms with E-state index in [-0.39, 0.29) is 11.3 Å². The molecule has 3 nitrogen and oxygen atoms in total. The summed E-state index contributed by atoms with van der Waals surface area (Å²) >= 11 is 0. The molecule has 0 amide bonds. The number of carboxylic acids is 1. The highest BCUT2D eigenvalue weighted by Gasteiger charge is 2.57. The molecule has 0 unspecified atom stereocenters. The van der Waals surface area contributed by atoms with E-state index in [0.717, 1.165) is 0 Å². The Morgan fingerprint density at radius 1 is 1.73 bits per heavy atom. The fourth-order valence-electron chi connectivity index (χ4n) is 1.69. The van der Waals surface area contributed by atoms with Crippen molar-refractivity contribution in [3.05, 3.63) is 0 Å². The third-order valence-electron chi connectivity index (χ3n) is 2.62. The molecule has 0 radical (unpaired) electrons. The van der Waals surface area contributed by atoms with Gasteiger partial charge >= 0.3 is 0 Å². The van der Waals surface area contributed by atoms with E-state index < -0.39 is 11.9 Å². The standard InChI is InChI=1S/C8H11NO2/c1-8(2)5(3-4-9)6(8)7(10)11/h5-6H,3H2,1-2H3,(H,10,11)/p-1/t5-,6-/m1/s1. The van der Waals surface area contributed by atoms with Crippen molar-refractivity contribution < 1.29 is 9.90 Å². The van der Waals surface area contributed by atoms with Gasteiger partial charge in [0.05, 0.1) is 6.07 Å². The van der Waals surface area contributed by atoms with E-state index in [9.17, 15) is 9.90 Å². The van der Waals surface area contributed by atoms with Crippen LogP contribution in [0.2, 0.25) is 0 Å². The van der Waals surface area contributed by atoms with Gasteiger partial charge in [-0.25, -0.2) is 0 Å². The fourth-order valence-corrected chi connectivity index (χ4v) is 1.69. The molecular weight excluding hydrogens is 142 g/mol. The maximum absolute atomic E-state index is 10.4. The SMILES string of the molecule is CC1(C)[C@H](CC#N)[C@@H]1C(=O)[O-].